The van der Waals surface area contributed by atoms with Crippen molar-refractivity contribution in [2.45, 2.75) is 89.5 Å². The van der Waals surface area contributed by atoms with Crippen LogP contribution < -0.4 is 0 Å². The second-order valence-corrected chi connectivity index (χ2v) is 17.7. The Balaban J connectivity index is 1.40. The van der Waals surface area contributed by atoms with Crippen LogP contribution in [0.15, 0.2) is 54.9 Å². The predicted octanol–water partition coefficient (Wildman–Crippen LogP) is 8.45. The lowest BCUT2D eigenvalue weighted by Gasteiger charge is -2.28. The molecule has 0 radical (unpaired) electrons. The number of nitrogens with zero attached hydrogens (tertiary/aromatic N) is 2. The highest BCUT2D eigenvalue weighted by atomic mass is 28.3. The second-order valence-electron chi connectivity index (χ2n) is 12.1. The van der Waals surface area contributed by atoms with Crippen molar-refractivity contribution >= 4 is 13.9 Å². The molecule has 2 heterocycles. The molecular weight excluding hydrogens is 517 g/mol. The summed E-state index contributed by atoms with van der Waals surface area (Å²) >= 11 is 0. The Bertz CT molecular complexity index is 1240. The average Bonchev–Trinajstić information content (AvgIpc) is 3.31. The van der Waals surface area contributed by atoms with Gasteiger partial charge in [0.05, 0.1) is 11.3 Å². The van der Waals surface area contributed by atoms with Crippen LogP contribution in [0.2, 0.25) is 25.7 Å². The van der Waals surface area contributed by atoms with Crippen LogP contribution in [0.25, 0.3) is 11.3 Å². The van der Waals surface area contributed by atoms with Gasteiger partial charge in [-0.05, 0) is 73.9 Å². The first kappa shape index (κ1) is 29.3. The molecule has 0 spiro atoms. The van der Waals surface area contributed by atoms with E-state index in [0.29, 0.717) is 36.1 Å². The Labute approximate surface area is 230 Å². The summed E-state index contributed by atoms with van der Waals surface area (Å²) in [4.78, 5) is 16.1. The van der Waals surface area contributed by atoms with Crippen LogP contribution in [0, 0.1) is 0 Å². The van der Waals surface area contributed by atoms with Gasteiger partial charge < -0.3 is 9.30 Å². The Kier molecular flexibility index (Phi) is 9.17. The molecule has 0 bridgehead atoms. The third kappa shape index (κ3) is 8.14. The molecule has 0 N–H and O–H groups in total. The van der Waals surface area contributed by atoms with E-state index >= 15 is 0 Å². The number of Topliss-reactive ketones (excluding diaryl/α,β-unsaturated/α-hetero) is 1. The number of ketones is 1. The summed E-state index contributed by atoms with van der Waals surface area (Å²) in [5.74, 6) is 1.01. The molecule has 39 heavy (non-hydrogen) atoms. The molecule has 1 fully saturated rings. The quantitative estimate of drug-likeness (QED) is 0.186. The number of pyridine rings is 1. The van der Waals surface area contributed by atoms with Gasteiger partial charge in [-0.2, -0.15) is 13.2 Å². The molecule has 0 unspecified atom stereocenters. The maximum Gasteiger partial charge on any atom is 0.417 e. The van der Waals surface area contributed by atoms with Gasteiger partial charge in [0.15, 0.2) is 0 Å². The minimum atomic E-state index is -4.42. The zero-order valence-corrected chi connectivity index (χ0v) is 24.4. The molecule has 0 aliphatic heterocycles. The van der Waals surface area contributed by atoms with Crippen molar-refractivity contribution in [1.29, 1.82) is 0 Å². The fraction of sp³-hybridized carbons (Fsp3) is 0.484. The summed E-state index contributed by atoms with van der Waals surface area (Å²) in [6.07, 6.45) is 3.05. The minimum absolute atomic E-state index is 0.0807. The topological polar surface area (TPSA) is 44.1 Å². The highest BCUT2D eigenvalue weighted by Crippen LogP contribution is 2.40. The van der Waals surface area contributed by atoms with Gasteiger partial charge >= 0.3 is 6.18 Å². The molecule has 1 saturated carbocycles. The summed E-state index contributed by atoms with van der Waals surface area (Å²) in [6.45, 7) is 8.96. The lowest BCUT2D eigenvalue weighted by atomic mass is 9.77. The van der Waals surface area contributed by atoms with E-state index in [-0.39, 0.29) is 12.5 Å². The first-order valence-corrected chi connectivity index (χ1v) is 17.5. The lowest BCUT2D eigenvalue weighted by Crippen LogP contribution is -2.22. The summed E-state index contributed by atoms with van der Waals surface area (Å²) < 4.78 is 47.8. The van der Waals surface area contributed by atoms with Crippen LogP contribution in [-0.4, -0.2) is 30.0 Å². The monoisotopic (exact) mass is 556 g/mol. The first-order chi connectivity index (χ1) is 18.4. The number of ether oxygens (including phenoxy) is 1. The highest BCUT2D eigenvalue weighted by Gasteiger charge is 2.33. The SMILES string of the molecule is CC(=O)Cc1ccc(C2CCC(c3ccc(-c4cc(C(F)(F)F)cn4COCC[Si](C)(C)C)cn3)CC2)cc1. The predicted molar refractivity (Wildman–Crippen MR) is 152 cm³/mol. The molecule has 0 atom stereocenters. The highest BCUT2D eigenvalue weighted by molar-refractivity contribution is 6.76. The maximum atomic E-state index is 13.5. The lowest BCUT2D eigenvalue weighted by molar-refractivity contribution is -0.137. The number of carbonyl (C=O) groups is 1. The van der Waals surface area contributed by atoms with E-state index in [1.54, 1.807) is 13.1 Å². The number of rotatable bonds is 10. The van der Waals surface area contributed by atoms with Crippen molar-refractivity contribution in [3.05, 3.63) is 77.2 Å². The van der Waals surface area contributed by atoms with Gasteiger partial charge in [0.25, 0.3) is 0 Å². The van der Waals surface area contributed by atoms with Crippen LogP contribution in [0.1, 0.15) is 66.8 Å². The fourth-order valence-electron chi connectivity index (χ4n) is 5.27. The van der Waals surface area contributed by atoms with Crippen LogP contribution in [0.3, 0.4) is 0 Å². The van der Waals surface area contributed by atoms with Gasteiger partial charge in [0, 0.05) is 50.7 Å². The molecule has 210 valence electrons. The molecular formula is C31H39F3N2O2Si. The molecule has 0 saturated heterocycles. The molecule has 1 aromatic carbocycles. The van der Waals surface area contributed by atoms with Gasteiger partial charge in [-0.25, -0.2) is 0 Å². The zero-order chi connectivity index (χ0) is 28.2. The smallest absolute Gasteiger partial charge is 0.361 e. The molecule has 3 aromatic rings. The molecule has 4 rings (SSSR count). The molecule has 1 aliphatic carbocycles. The van der Waals surface area contributed by atoms with Crippen molar-refractivity contribution in [2.75, 3.05) is 6.61 Å². The van der Waals surface area contributed by atoms with Crippen LogP contribution in [0.5, 0.6) is 0 Å². The first-order valence-electron chi connectivity index (χ1n) is 13.8. The van der Waals surface area contributed by atoms with Gasteiger partial charge in [-0.1, -0.05) is 43.9 Å². The van der Waals surface area contributed by atoms with Gasteiger partial charge in [0.1, 0.15) is 12.5 Å². The van der Waals surface area contributed by atoms with E-state index in [1.165, 1.54) is 16.2 Å². The fourth-order valence-corrected chi connectivity index (χ4v) is 6.03. The van der Waals surface area contributed by atoms with Crippen LogP contribution >= 0.6 is 0 Å². The van der Waals surface area contributed by atoms with Gasteiger partial charge in [-0.15, -0.1) is 0 Å². The van der Waals surface area contributed by atoms with Crippen molar-refractivity contribution in [3.8, 4) is 11.3 Å². The number of carbonyl (C=O) groups excluding carboxylic acids is 1. The number of aromatic nitrogens is 2. The van der Waals surface area contributed by atoms with E-state index in [4.69, 9.17) is 9.72 Å². The molecule has 2 aromatic heterocycles. The second kappa shape index (κ2) is 12.2. The molecule has 4 nitrogen and oxygen atoms in total. The van der Waals surface area contributed by atoms with Crippen LogP contribution in [-0.2, 0) is 28.9 Å². The van der Waals surface area contributed by atoms with Crippen molar-refractivity contribution in [3.63, 3.8) is 0 Å². The van der Waals surface area contributed by atoms with E-state index < -0.39 is 19.8 Å². The normalized spacial score (nSPS) is 18.3. The Morgan fingerprint density at radius 1 is 1.03 bits per heavy atom. The third-order valence-corrected chi connectivity index (χ3v) is 9.29. The number of alkyl halides is 3. The largest absolute Gasteiger partial charge is 0.417 e. The van der Waals surface area contributed by atoms with E-state index in [1.807, 2.05) is 12.1 Å². The molecule has 8 heteroatoms. The zero-order valence-electron chi connectivity index (χ0n) is 23.4. The summed E-state index contributed by atoms with van der Waals surface area (Å²) in [5, 5.41) is 0. The molecule has 1 aliphatic rings. The van der Waals surface area contributed by atoms with Crippen molar-refractivity contribution in [2.24, 2.45) is 0 Å². The van der Waals surface area contributed by atoms with Crippen molar-refractivity contribution < 1.29 is 22.7 Å². The molecule has 0 amide bonds. The van der Waals surface area contributed by atoms with Crippen LogP contribution in [0.4, 0.5) is 13.2 Å². The van der Waals surface area contributed by atoms with E-state index in [0.717, 1.165) is 49.2 Å². The summed E-state index contributed by atoms with van der Waals surface area (Å²) in [7, 11) is -1.29. The summed E-state index contributed by atoms with van der Waals surface area (Å²) in [6, 6.07) is 14.4. The standard InChI is InChI=1S/C31H39F3N2O2Si/c1-22(37)17-23-5-7-24(8-6-23)25-9-11-26(12-10-25)29-14-13-27(19-35-29)30-18-28(31(32,33)34)20-36(30)21-38-15-16-39(2,3)4/h5-8,13-14,18-20,25-26H,9-12,15-17,21H2,1-4H3. The van der Waals surface area contributed by atoms with Crippen molar-refractivity contribution in [1.82, 2.24) is 9.55 Å². The maximum absolute atomic E-state index is 13.5. The number of hydrogen-bond acceptors (Lipinski definition) is 3. The number of benzene rings is 1. The van der Waals surface area contributed by atoms with Gasteiger partial charge in [-0.3, -0.25) is 9.78 Å². The van der Waals surface area contributed by atoms with E-state index in [2.05, 4.69) is 43.9 Å². The Hall–Kier alpha value is -2.71. The third-order valence-electron chi connectivity index (χ3n) is 7.58. The Morgan fingerprint density at radius 3 is 2.26 bits per heavy atom. The minimum Gasteiger partial charge on any atom is -0.361 e. The van der Waals surface area contributed by atoms with Gasteiger partial charge in [0.2, 0.25) is 0 Å². The number of hydrogen-bond donors (Lipinski definition) is 0. The summed E-state index contributed by atoms with van der Waals surface area (Å²) in [5.41, 5.74) is 3.81. The average molecular weight is 557 g/mol. The van der Waals surface area contributed by atoms with E-state index in [9.17, 15) is 18.0 Å². The number of halogens is 3. The Morgan fingerprint density at radius 2 is 1.69 bits per heavy atom.